The van der Waals surface area contributed by atoms with Crippen LogP contribution in [-0.4, -0.2) is 57.9 Å². The molecule has 8 nitrogen and oxygen atoms in total. The Morgan fingerprint density at radius 3 is 1.91 bits per heavy atom. The van der Waals surface area contributed by atoms with Gasteiger partial charge >= 0.3 is 11.9 Å². The number of aliphatic hydroxyl groups is 1. The third kappa shape index (κ3) is 6.11. The molecular weight excluding hydrogens is 485 g/mol. The van der Waals surface area contributed by atoms with E-state index in [0.29, 0.717) is 0 Å². The highest BCUT2D eigenvalue weighted by atomic mass is 35.6. The van der Waals surface area contributed by atoms with Gasteiger partial charge in [-0.3, -0.25) is 5.41 Å². The Morgan fingerprint density at radius 2 is 1.41 bits per heavy atom. The van der Waals surface area contributed by atoms with E-state index < -0.39 is 46.2 Å². The van der Waals surface area contributed by atoms with Crippen LogP contribution in [0.2, 0.25) is 0 Å². The third-order valence-corrected chi connectivity index (χ3v) is 4.94. The molecule has 4 atom stereocenters. The minimum Gasteiger partial charge on any atom is -0.453 e. The first-order valence-corrected chi connectivity index (χ1v) is 10.4. The standard InChI is InChI=1S/C21H18Cl3NO7/c22-21(23,24)20(25)32-19-16(31-18(28)13-9-5-2-6-10-13)15(26)14(11-29-19)30-17(27)12-7-3-1-4-8-12/h1-10,14-16,19,25-26H,11H2/t14-,15+,16-,19?/m1/s1. The zero-order chi connectivity index (χ0) is 23.3. The number of aliphatic hydroxyl groups excluding tert-OH is 1. The number of benzene rings is 2. The number of hydrogen-bond donors (Lipinski definition) is 2. The second-order valence-electron chi connectivity index (χ2n) is 6.68. The quantitative estimate of drug-likeness (QED) is 0.278. The van der Waals surface area contributed by atoms with Gasteiger partial charge in [-0.1, -0.05) is 71.2 Å². The van der Waals surface area contributed by atoms with Gasteiger partial charge in [0.1, 0.15) is 6.10 Å². The van der Waals surface area contributed by atoms with Crippen molar-refractivity contribution < 1.29 is 33.6 Å². The minimum atomic E-state index is -2.21. The highest BCUT2D eigenvalue weighted by molar-refractivity contribution is 6.76. The van der Waals surface area contributed by atoms with Crippen LogP contribution in [0.5, 0.6) is 0 Å². The first-order chi connectivity index (χ1) is 15.2. The van der Waals surface area contributed by atoms with Crippen LogP contribution in [0, 0.1) is 5.41 Å². The highest BCUT2D eigenvalue weighted by Crippen LogP contribution is 2.31. The van der Waals surface area contributed by atoms with Gasteiger partial charge in [0, 0.05) is 0 Å². The third-order valence-electron chi connectivity index (χ3n) is 4.42. The number of carbonyl (C=O) groups excluding carboxylic acids is 2. The largest absolute Gasteiger partial charge is 0.453 e. The lowest BCUT2D eigenvalue weighted by Gasteiger charge is -2.39. The first-order valence-electron chi connectivity index (χ1n) is 9.31. The molecule has 170 valence electrons. The maximum Gasteiger partial charge on any atom is 0.338 e. The maximum atomic E-state index is 12.6. The molecule has 2 aromatic rings. The lowest BCUT2D eigenvalue weighted by atomic mass is 10.0. The smallest absolute Gasteiger partial charge is 0.338 e. The van der Waals surface area contributed by atoms with Crippen LogP contribution in [0.4, 0.5) is 0 Å². The molecule has 1 fully saturated rings. The fraction of sp³-hybridized carbons (Fsp3) is 0.286. The molecule has 2 aromatic carbocycles. The van der Waals surface area contributed by atoms with E-state index >= 15 is 0 Å². The van der Waals surface area contributed by atoms with Gasteiger partial charge in [-0.05, 0) is 24.3 Å². The summed E-state index contributed by atoms with van der Waals surface area (Å²) < 4.78 is 19.2. The van der Waals surface area contributed by atoms with Gasteiger partial charge in [0.25, 0.3) is 3.79 Å². The maximum absolute atomic E-state index is 12.6. The molecule has 0 aromatic heterocycles. The highest BCUT2D eigenvalue weighted by Gasteiger charge is 2.47. The van der Waals surface area contributed by atoms with Crippen molar-refractivity contribution in [3.05, 3.63) is 71.8 Å². The summed E-state index contributed by atoms with van der Waals surface area (Å²) in [6.45, 7) is -0.322. The van der Waals surface area contributed by atoms with E-state index in [-0.39, 0.29) is 17.7 Å². The Bertz CT molecular complexity index is 953. The van der Waals surface area contributed by atoms with E-state index in [9.17, 15) is 14.7 Å². The fourth-order valence-electron chi connectivity index (χ4n) is 2.81. The normalized spacial score (nSPS) is 23.1. The predicted octanol–water partition coefficient (Wildman–Crippen LogP) is 3.52. The monoisotopic (exact) mass is 501 g/mol. The molecule has 11 heteroatoms. The van der Waals surface area contributed by atoms with Gasteiger partial charge in [0.05, 0.1) is 17.7 Å². The number of carbonyl (C=O) groups is 2. The lowest BCUT2D eigenvalue weighted by Crippen LogP contribution is -2.57. The molecule has 0 radical (unpaired) electrons. The number of rotatable bonds is 5. The molecule has 2 N–H and O–H groups in total. The van der Waals surface area contributed by atoms with E-state index in [1.807, 2.05) is 0 Å². The summed E-state index contributed by atoms with van der Waals surface area (Å²) in [6.07, 6.45) is -5.75. The van der Waals surface area contributed by atoms with Crippen LogP contribution in [-0.2, 0) is 18.9 Å². The number of nitrogens with one attached hydrogen (secondary N) is 1. The molecule has 0 saturated carbocycles. The predicted molar refractivity (Wildman–Crippen MR) is 116 cm³/mol. The second-order valence-corrected chi connectivity index (χ2v) is 8.96. The van der Waals surface area contributed by atoms with Crippen LogP contribution in [0.1, 0.15) is 20.7 Å². The Balaban J connectivity index is 1.78. The zero-order valence-corrected chi connectivity index (χ0v) is 18.6. The number of ether oxygens (including phenoxy) is 4. The van der Waals surface area contributed by atoms with E-state index in [2.05, 4.69) is 0 Å². The number of hydrogen-bond acceptors (Lipinski definition) is 8. The van der Waals surface area contributed by atoms with Crippen LogP contribution in [0.3, 0.4) is 0 Å². The van der Waals surface area contributed by atoms with Gasteiger partial charge in [-0.2, -0.15) is 0 Å². The molecule has 1 unspecified atom stereocenters. The molecule has 0 bridgehead atoms. The van der Waals surface area contributed by atoms with Crippen molar-refractivity contribution in [3.8, 4) is 0 Å². The number of halogens is 3. The fourth-order valence-corrected chi connectivity index (χ4v) is 2.95. The Morgan fingerprint density at radius 1 is 0.906 bits per heavy atom. The molecule has 1 heterocycles. The van der Waals surface area contributed by atoms with Crippen LogP contribution < -0.4 is 0 Å². The van der Waals surface area contributed by atoms with Crippen LogP contribution in [0.25, 0.3) is 0 Å². The molecule has 0 spiro atoms. The van der Waals surface area contributed by atoms with Crippen molar-refractivity contribution in [2.75, 3.05) is 6.61 Å². The van der Waals surface area contributed by atoms with Gasteiger partial charge in [-0.15, -0.1) is 0 Å². The number of alkyl halides is 3. The van der Waals surface area contributed by atoms with Crippen molar-refractivity contribution >= 4 is 52.6 Å². The van der Waals surface area contributed by atoms with Gasteiger partial charge < -0.3 is 24.1 Å². The average molecular weight is 503 g/mol. The van der Waals surface area contributed by atoms with E-state index in [4.69, 9.17) is 59.2 Å². The minimum absolute atomic E-state index is 0.193. The molecular formula is C21H18Cl3NO7. The zero-order valence-electron chi connectivity index (χ0n) is 16.3. The lowest BCUT2D eigenvalue weighted by molar-refractivity contribution is -0.246. The molecule has 32 heavy (non-hydrogen) atoms. The van der Waals surface area contributed by atoms with Crippen molar-refractivity contribution in [2.45, 2.75) is 28.4 Å². The molecule has 0 amide bonds. The van der Waals surface area contributed by atoms with Crippen molar-refractivity contribution in [1.82, 2.24) is 0 Å². The van der Waals surface area contributed by atoms with E-state index in [1.165, 1.54) is 12.1 Å². The summed E-state index contributed by atoms with van der Waals surface area (Å²) in [5, 5.41) is 18.6. The average Bonchev–Trinajstić information content (AvgIpc) is 2.78. The van der Waals surface area contributed by atoms with Gasteiger partial charge in [0.15, 0.2) is 12.2 Å². The summed E-state index contributed by atoms with van der Waals surface area (Å²) in [5.41, 5.74) is 0.451. The van der Waals surface area contributed by atoms with Crippen molar-refractivity contribution in [1.29, 1.82) is 5.41 Å². The second kappa shape index (κ2) is 10.5. The molecule has 1 aliphatic rings. The summed E-state index contributed by atoms with van der Waals surface area (Å²) in [5.74, 6) is -2.32. The van der Waals surface area contributed by atoms with Crippen molar-refractivity contribution in [3.63, 3.8) is 0 Å². The summed E-state index contributed by atoms with van der Waals surface area (Å²) in [6, 6.07) is 16.1. The summed E-state index contributed by atoms with van der Waals surface area (Å²) in [7, 11) is 0. The first kappa shape index (κ1) is 24.3. The van der Waals surface area contributed by atoms with Crippen LogP contribution in [0.15, 0.2) is 60.7 Å². The van der Waals surface area contributed by atoms with Crippen LogP contribution >= 0.6 is 34.8 Å². The van der Waals surface area contributed by atoms with Crippen molar-refractivity contribution in [2.24, 2.45) is 0 Å². The molecule has 1 aliphatic heterocycles. The van der Waals surface area contributed by atoms with Gasteiger partial charge in [-0.25, -0.2) is 9.59 Å². The molecule has 3 rings (SSSR count). The Hall–Kier alpha value is -2.36. The van der Waals surface area contributed by atoms with E-state index in [1.54, 1.807) is 48.5 Å². The topological polar surface area (TPSA) is 115 Å². The number of esters is 2. The van der Waals surface area contributed by atoms with E-state index in [0.717, 1.165) is 0 Å². The van der Waals surface area contributed by atoms with Gasteiger partial charge in [0.2, 0.25) is 12.2 Å². The summed E-state index contributed by atoms with van der Waals surface area (Å²) in [4.78, 5) is 24.9. The molecule has 1 saturated heterocycles. The summed E-state index contributed by atoms with van der Waals surface area (Å²) >= 11 is 16.9. The Kier molecular flexibility index (Phi) is 7.97. The SMILES string of the molecule is N=C(OC1OC[C@@H](OC(=O)c2ccccc2)[C@H](O)[C@H]1OC(=O)c1ccccc1)C(Cl)(Cl)Cl. The Labute approximate surface area is 198 Å². The molecule has 0 aliphatic carbocycles.